The molecular weight excluding hydrogens is 392 g/mol. The van der Waals surface area contributed by atoms with Gasteiger partial charge in [-0.05, 0) is 41.8 Å². The van der Waals surface area contributed by atoms with Gasteiger partial charge in [0, 0.05) is 5.39 Å². The molecule has 0 fully saturated rings. The molecule has 0 aliphatic rings. The van der Waals surface area contributed by atoms with Gasteiger partial charge in [-0.2, -0.15) is 0 Å². The molecule has 9 heteroatoms. The zero-order valence-electron chi connectivity index (χ0n) is 14.0. The van der Waals surface area contributed by atoms with Crippen LogP contribution >= 0.6 is 22.9 Å². The van der Waals surface area contributed by atoms with Gasteiger partial charge in [-0.3, -0.25) is 4.79 Å². The molecule has 1 aromatic carbocycles. The molecule has 7 nitrogen and oxygen atoms in total. The second-order valence-corrected chi connectivity index (χ2v) is 6.62. The van der Waals surface area contributed by atoms with Crippen molar-refractivity contribution >= 4 is 57.4 Å². The number of aromatic nitrogens is 1. The highest BCUT2D eigenvalue weighted by atomic mass is 35.5. The smallest absolute Gasteiger partial charge is 0.350 e. The number of pyridine rings is 1. The highest BCUT2D eigenvalue weighted by molar-refractivity contribution is 7.12. The summed E-state index contributed by atoms with van der Waals surface area (Å²) in [5.41, 5.74) is 1.23. The van der Waals surface area contributed by atoms with Crippen LogP contribution in [0.15, 0.2) is 41.8 Å². The highest BCUT2D eigenvalue weighted by Crippen LogP contribution is 2.23. The Morgan fingerprint density at radius 2 is 1.96 bits per heavy atom. The Morgan fingerprint density at radius 3 is 2.74 bits per heavy atom. The zero-order valence-corrected chi connectivity index (χ0v) is 15.6. The van der Waals surface area contributed by atoms with E-state index in [-0.39, 0.29) is 10.4 Å². The van der Waals surface area contributed by atoms with E-state index in [1.165, 1.54) is 7.11 Å². The predicted octanol–water partition coefficient (Wildman–Crippen LogP) is 3.53. The number of anilines is 1. The van der Waals surface area contributed by atoms with Crippen LogP contribution in [0, 0.1) is 0 Å². The van der Waals surface area contributed by atoms with E-state index in [0.717, 1.165) is 16.7 Å². The monoisotopic (exact) mass is 404 g/mol. The number of rotatable bonds is 5. The van der Waals surface area contributed by atoms with E-state index in [2.05, 4.69) is 15.0 Å². The largest absolute Gasteiger partial charge is 0.465 e. The number of thiophene rings is 1. The van der Waals surface area contributed by atoms with Gasteiger partial charge in [0.1, 0.15) is 10.0 Å². The molecule has 27 heavy (non-hydrogen) atoms. The fourth-order valence-electron chi connectivity index (χ4n) is 2.29. The van der Waals surface area contributed by atoms with Crippen LogP contribution in [0.1, 0.15) is 20.0 Å². The van der Waals surface area contributed by atoms with Gasteiger partial charge in [-0.15, -0.1) is 11.3 Å². The Labute approximate surface area is 162 Å². The number of halogens is 1. The lowest BCUT2D eigenvalue weighted by Gasteiger charge is -2.07. The number of fused-ring (bicyclic) bond motifs is 1. The number of benzene rings is 1. The Bertz CT molecular complexity index is 1030. The van der Waals surface area contributed by atoms with Gasteiger partial charge in [0.05, 0.1) is 23.9 Å². The van der Waals surface area contributed by atoms with Gasteiger partial charge in [-0.1, -0.05) is 11.6 Å². The standard InChI is InChI=1S/C18H13ClN2O5S/c1-25-18(24)16-13(6-7-27-16)21-15(22)9-26-17(23)11-2-4-12-10(8-11)3-5-14(19)20-12/h2-8H,9H2,1H3,(H,21,22). The number of methoxy groups -OCH3 is 1. The van der Waals surface area contributed by atoms with Crippen molar-refractivity contribution in [1.29, 1.82) is 0 Å². The summed E-state index contributed by atoms with van der Waals surface area (Å²) in [6.45, 7) is -0.494. The molecule has 3 rings (SSSR count). The number of carbonyl (C=O) groups is 3. The van der Waals surface area contributed by atoms with Gasteiger partial charge in [0.25, 0.3) is 5.91 Å². The maximum Gasteiger partial charge on any atom is 0.350 e. The van der Waals surface area contributed by atoms with Crippen molar-refractivity contribution in [2.75, 3.05) is 19.0 Å². The molecule has 0 unspecified atom stereocenters. The first-order valence-electron chi connectivity index (χ1n) is 7.67. The van der Waals surface area contributed by atoms with Crippen molar-refractivity contribution in [3.63, 3.8) is 0 Å². The van der Waals surface area contributed by atoms with Crippen molar-refractivity contribution in [3.8, 4) is 0 Å². The minimum Gasteiger partial charge on any atom is -0.465 e. The molecule has 0 saturated carbocycles. The van der Waals surface area contributed by atoms with E-state index in [1.54, 1.807) is 41.8 Å². The minimum absolute atomic E-state index is 0.262. The van der Waals surface area contributed by atoms with Crippen molar-refractivity contribution in [2.24, 2.45) is 0 Å². The van der Waals surface area contributed by atoms with Crippen LogP contribution in [-0.2, 0) is 14.3 Å². The van der Waals surface area contributed by atoms with E-state index in [1.807, 2.05) is 0 Å². The van der Waals surface area contributed by atoms with E-state index in [0.29, 0.717) is 16.4 Å². The fourth-order valence-corrected chi connectivity index (χ4v) is 3.21. The normalized spacial score (nSPS) is 10.4. The van der Waals surface area contributed by atoms with E-state index in [4.69, 9.17) is 16.3 Å². The van der Waals surface area contributed by atoms with Gasteiger partial charge in [-0.25, -0.2) is 14.6 Å². The first-order valence-corrected chi connectivity index (χ1v) is 8.93. The van der Waals surface area contributed by atoms with Crippen molar-refractivity contribution < 1.29 is 23.9 Å². The van der Waals surface area contributed by atoms with Crippen LogP contribution in [0.4, 0.5) is 5.69 Å². The molecule has 138 valence electrons. The number of carbonyl (C=O) groups excluding carboxylic acids is 3. The number of hydrogen-bond acceptors (Lipinski definition) is 7. The van der Waals surface area contributed by atoms with Crippen molar-refractivity contribution in [2.45, 2.75) is 0 Å². The summed E-state index contributed by atoms with van der Waals surface area (Å²) < 4.78 is 9.66. The summed E-state index contributed by atoms with van der Waals surface area (Å²) in [5.74, 6) is -1.77. The van der Waals surface area contributed by atoms with Crippen LogP contribution in [0.5, 0.6) is 0 Å². The molecule has 3 aromatic rings. The summed E-state index contributed by atoms with van der Waals surface area (Å²) in [6.07, 6.45) is 0. The number of amides is 1. The van der Waals surface area contributed by atoms with Crippen molar-refractivity contribution in [1.82, 2.24) is 4.98 Å². The number of ether oxygens (including phenoxy) is 2. The summed E-state index contributed by atoms with van der Waals surface area (Å²) in [5, 5.41) is 5.24. The average Bonchev–Trinajstić information content (AvgIpc) is 3.13. The van der Waals surface area contributed by atoms with Gasteiger partial charge < -0.3 is 14.8 Å². The molecule has 2 heterocycles. The van der Waals surface area contributed by atoms with Crippen LogP contribution in [0.25, 0.3) is 10.9 Å². The first-order chi connectivity index (χ1) is 13.0. The third-order valence-electron chi connectivity index (χ3n) is 3.54. The lowest BCUT2D eigenvalue weighted by Crippen LogP contribution is -2.21. The maximum atomic E-state index is 12.2. The fraction of sp³-hybridized carbons (Fsp3) is 0.111. The van der Waals surface area contributed by atoms with Crippen LogP contribution in [-0.4, -0.2) is 36.5 Å². The Morgan fingerprint density at radius 1 is 1.15 bits per heavy atom. The predicted molar refractivity (Wildman–Crippen MR) is 101 cm³/mol. The second-order valence-electron chi connectivity index (χ2n) is 5.32. The van der Waals surface area contributed by atoms with Crippen LogP contribution in [0.3, 0.4) is 0 Å². The third kappa shape index (κ3) is 4.42. The zero-order chi connectivity index (χ0) is 19.4. The molecule has 0 aliphatic heterocycles. The van der Waals surface area contributed by atoms with Gasteiger partial charge >= 0.3 is 11.9 Å². The number of nitrogens with zero attached hydrogens (tertiary/aromatic N) is 1. The molecule has 2 aromatic heterocycles. The maximum absolute atomic E-state index is 12.2. The Balaban J connectivity index is 1.62. The van der Waals surface area contributed by atoms with Crippen molar-refractivity contribution in [3.05, 3.63) is 57.4 Å². The molecular formula is C18H13ClN2O5S. The van der Waals surface area contributed by atoms with E-state index < -0.39 is 24.5 Å². The van der Waals surface area contributed by atoms with Crippen LogP contribution in [0.2, 0.25) is 5.15 Å². The summed E-state index contributed by atoms with van der Waals surface area (Å²) >= 11 is 6.96. The molecule has 1 N–H and O–H groups in total. The lowest BCUT2D eigenvalue weighted by molar-refractivity contribution is -0.119. The molecule has 1 amide bonds. The lowest BCUT2D eigenvalue weighted by atomic mass is 10.1. The highest BCUT2D eigenvalue weighted by Gasteiger charge is 2.17. The topological polar surface area (TPSA) is 94.6 Å². The molecule has 0 spiro atoms. The van der Waals surface area contributed by atoms with Crippen LogP contribution < -0.4 is 5.32 Å². The first kappa shape index (κ1) is 18.8. The molecule has 0 atom stereocenters. The number of esters is 2. The molecule has 0 radical (unpaired) electrons. The quantitative estimate of drug-likeness (QED) is 0.516. The third-order valence-corrected chi connectivity index (χ3v) is 4.64. The molecule has 0 aliphatic carbocycles. The number of hydrogen-bond donors (Lipinski definition) is 1. The SMILES string of the molecule is COC(=O)c1sccc1NC(=O)COC(=O)c1ccc2nc(Cl)ccc2c1. The Kier molecular flexibility index (Phi) is 5.68. The minimum atomic E-state index is -0.652. The van der Waals surface area contributed by atoms with Gasteiger partial charge in [0.15, 0.2) is 6.61 Å². The van der Waals surface area contributed by atoms with E-state index >= 15 is 0 Å². The summed E-state index contributed by atoms with van der Waals surface area (Å²) in [6, 6.07) is 9.71. The molecule has 0 bridgehead atoms. The average molecular weight is 405 g/mol. The van der Waals surface area contributed by atoms with E-state index in [9.17, 15) is 14.4 Å². The summed E-state index contributed by atoms with van der Waals surface area (Å²) in [4.78, 5) is 40.2. The molecule has 0 saturated heterocycles. The van der Waals surface area contributed by atoms with Gasteiger partial charge in [0.2, 0.25) is 0 Å². The summed E-state index contributed by atoms with van der Waals surface area (Å²) in [7, 11) is 1.25. The Hall–Kier alpha value is -2.97. The number of nitrogens with one attached hydrogen (secondary N) is 1. The second kappa shape index (κ2) is 8.15.